The molecule has 2 aliphatic heterocycles. The fourth-order valence-electron chi connectivity index (χ4n) is 3.54. The Morgan fingerprint density at radius 2 is 1.84 bits per heavy atom. The first-order chi connectivity index (χ1) is 12.2. The Labute approximate surface area is 146 Å². The van der Waals surface area contributed by atoms with Crippen molar-refractivity contribution < 1.29 is 9.59 Å². The van der Waals surface area contributed by atoms with Crippen LogP contribution in [0, 0.1) is 0 Å². The third kappa shape index (κ3) is 3.07. The molecule has 6 nitrogen and oxygen atoms in total. The third-order valence-electron chi connectivity index (χ3n) is 4.82. The van der Waals surface area contributed by atoms with E-state index in [9.17, 15) is 9.59 Å². The van der Waals surface area contributed by atoms with E-state index in [-0.39, 0.29) is 18.0 Å². The van der Waals surface area contributed by atoms with E-state index in [0.717, 1.165) is 5.69 Å². The Morgan fingerprint density at radius 3 is 2.60 bits per heavy atom. The van der Waals surface area contributed by atoms with Gasteiger partial charge < -0.3 is 14.7 Å². The zero-order valence-electron chi connectivity index (χ0n) is 13.9. The quantitative estimate of drug-likeness (QED) is 0.859. The monoisotopic (exact) mass is 336 g/mol. The van der Waals surface area contributed by atoms with Crippen molar-refractivity contribution in [2.24, 2.45) is 0 Å². The van der Waals surface area contributed by atoms with Crippen LogP contribution in [-0.2, 0) is 6.54 Å². The fourth-order valence-corrected chi connectivity index (χ4v) is 3.54. The third-order valence-corrected chi connectivity index (χ3v) is 4.82. The van der Waals surface area contributed by atoms with Crippen LogP contribution in [0.25, 0.3) is 0 Å². The van der Waals surface area contributed by atoms with Gasteiger partial charge in [-0.3, -0.25) is 9.78 Å². The lowest BCUT2D eigenvalue weighted by Gasteiger charge is -2.36. The van der Waals surface area contributed by atoms with Crippen LogP contribution in [0.1, 0.15) is 16.1 Å². The number of aromatic nitrogens is 1. The number of benzene rings is 1. The van der Waals surface area contributed by atoms with Crippen molar-refractivity contribution in [3.05, 3.63) is 66.0 Å². The van der Waals surface area contributed by atoms with E-state index in [0.29, 0.717) is 38.3 Å². The summed E-state index contributed by atoms with van der Waals surface area (Å²) in [6, 6.07) is 15.1. The van der Waals surface area contributed by atoms with Crippen LogP contribution >= 0.6 is 0 Å². The Balaban J connectivity index is 1.43. The van der Waals surface area contributed by atoms with E-state index in [1.54, 1.807) is 6.20 Å². The normalized spacial score (nSPS) is 19.9. The molecule has 3 amide bonds. The van der Waals surface area contributed by atoms with E-state index < -0.39 is 0 Å². The molecule has 1 atom stereocenters. The molecule has 0 unspecified atom stereocenters. The summed E-state index contributed by atoms with van der Waals surface area (Å²) < 4.78 is 0. The Morgan fingerprint density at radius 1 is 1.04 bits per heavy atom. The summed E-state index contributed by atoms with van der Waals surface area (Å²) in [6.07, 6.45) is 1.74. The maximum absolute atomic E-state index is 12.6. The molecule has 0 aliphatic carbocycles. The van der Waals surface area contributed by atoms with Gasteiger partial charge in [-0.2, -0.15) is 0 Å². The first-order valence-corrected chi connectivity index (χ1v) is 8.52. The van der Waals surface area contributed by atoms with Gasteiger partial charge in [-0.15, -0.1) is 0 Å². The number of rotatable bonds is 3. The van der Waals surface area contributed by atoms with Gasteiger partial charge in [0.1, 0.15) is 0 Å². The number of nitrogens with zero attached hydrogens (tertiary/aromatic N) is 4. The zero-order valence-corrected chi connectivity index (χ0v) is 13.9. The second kappa shape index (κ2) is 6.55. The smallest absolute Gasteiger partial charge is 0.320 e. The van der Waals surface area contributed by atoms with Crippen molar-refractivity contribution in [1.29, 1.82) is 0 Å². The van der Waals surface area contributed by atoms with Gasteiger partial charge in [0.25, 0.3) is 5.91 Å². The van der Waals surface area contributed by atoms with Gasteiger partial charge in [0.15, 0.2) is 0 Å². The second-order valence-corrected chi connectivity index (χ2v) is 6.45. The summed E-state index contributed by atoms with van der Waals surface area (Å²) in [6.45, 7) is 2.89. The van der Waals surface area contributed by atoms with E-state index >= 15 is 0 Å². The molecule has 6 heteroatoms. The molecule has 2 aliphatic rings. The van der Waals surface area contributed by atoms with Crippen molar-refractivity contribution in [2.45, 2.75) is 12.6 Å². The molecular formula is C19H20N4O2. The van der Waals surface area contributed by atoms with Crippen molar-refractivity contribution in [2.75, 3.05) is 26.2 Å². The maximum atomic E-state index is 12.6. The molecule has 2 fully saturated rings. The molecule has 4 rings (SSSR count). The Bertz CT molecular complexity index is 766. The molecule has 25 heavy (non-hydrogen) atoms. The van der Waals surface area contributed by atoms with Gasteiger partial charge in [0.2, 0.25) is 0 Å². The number of amides is 3. The SMILES string of the molecule is O=C(c1ccccc1)N1CCN2C(=O)N(Cc3ccccn3)C[C@H]2C1. The van der Waals surface area contributed by atoms with Crippen LogP contribution in [0.4, 0.5) is 4.79 Å². The highest BCUT2D eigenvalue weighted by Crippen LogP contribution is 2.23. The van der Waals surface area contributed by atoms with Crippen LogP contribution in [0.3, 0.4) is 0 Å². The lowest BCUT2D eigenvalue weighted by atomic mass is 10.1. The number of hydrogen-bond donors (Lipinski definition) is 0. The molecule has 0 spiro atoms. The lowest BCUT2D eigenvalue weighted by Crippen LogP contribution is -2.53. The molecule has 0 radical (unpaired) electrons. The van der Waals surface area contributed by atoms with Crippen LogP contribution < -0.4 is 0 Å². The topological polar surface area (TPSA) is 56.8 Å². The van der Waals surface area contributed by atoms with E-state index in [1.165, 1.54) is 0 Å². The van der Waals surface area contributed by atoms with Crippen LogP contribution in [0.5, 0.6) is 0 Å². The average molecular weight is 336 g/mol. The first kappa shape index (κ1) is 15.6. The minimum Gasteiger partial charge on any atom is -0.335 e. The lowest BCUT2D eigenvalue weighted by molar-refractivity contribution is 0.0617. The number of urea groups is 1. The summed E-state index contributed by atoms with van der Waals surface area (Å²) >= 11 is 0. The Kier molecular flexibility index (Phi) is 4.09. The molecule has 1 aromatic carbocycles. The molecule has 2 aromatic rings. The van der Waals surface area contributed by atoms with Gasteiger partial charge >= 0.3 is 6.03 Å². The summed E-state index contributed by atoms with van der Waals surface area (Å²) in [7, 11) is 0. The number of pyridine rings is 1. The van der Waals surface area contributed by atoms with Crippen molar-refractivity contribution in [3.63, 3.8) is 0 Å². The highest BCUT2D eigenvalue weighted by Gasteiger charge is 2.41. The van der Waals surface area contributed by atoms with Gasteiger partial charge in [-0.1, -0.05) is 24.3 Å². The maximum Gasteiger partial charge on any atom is 0.320 e. The van der Waals surface area contributed by atoms with Crippen LogP contribution in [0.15, 0.2) is 54.7 Å². The highest BCUT2D eigenvalue weighted by molar-refractivity contribution is 5.94. The summed E-state index contributed by atoms with van der Waals surface area (Å²) in [4.78, 5) is 35.1. The van der Waals surface area contributed by atoms with E-state index in [2.05, 4.69) is 4.98 Å². The fraction of sp³-hybridized carbons (Fsp3) is 0.316. The zero-order chi connectivity index (χ0) is 17.2. The number of carbonyl (C=O) groups is 2. The predicted molar refractivity (Wildman–Crippen MR) is 92.9 cm³/mol. The van der Waals surface area contributed by atoms with E-state index in [4.69, 9.17) is 0 Å². The number of carbonyl (C=O) groups excluding carboxylic acids is 2. The minimum atomic E-state index is 0.0378. The molecule has 1 aromatic heterocycles. The summed E-state index contributed by atoms with van der Waals surface area (Å²) in [5.41, 5.74) is 1.58. The molecular weight excluding hydrogens is 316 g/mol. The first-order valence-electron chi connectivity index (χ1n) is 8.52. The summed E-state index contributed by atoms with van der Waals surface area (Å²) in [5.74, 6) is 0.0378. The number of piperazine rings is 1. The Hall–Kier alpha value is -2.89. The van der Waals surface area contributed by atoms with Crippen LogP contribution in [0.2, 0.25) is 0 Å². The predicted octanol–water partition coefficient (Wildman–Crippen LogP) is 1.84. The molecule has 0 N–H and O–H groups in total. The largest absolute Gasteiger partial charge is 0.335 e. The van der Waals surface area contributed by atoms with Crippen molar-refractivity contribution in [1.82, 2.24) is 19.7 Å². The number of hydrogen-bond acceptors (Lipinski definition) is 3. The summed E-state index contributed by atoms with van der Waals surface area (Å²) in [5, 5.41) is 0. The van der Waals surface area contributed by atoms with Gasteiger partial charge in [-0.25, -0.2) is 4.79 Å². The number of fused-ring (bicyclic) bond motifs is 1. The molecule has 0 bridgehead atoms. The van der Waals surface area contributed by atoms with Crippen molar-refractivity contribution >= 4 is 11.9 Å². The van der Waals surface area contributed by atoms with Gasteiger partial charge in [0, 0.05) is 37.9 Å². The second-order valence-electron chi connectivity index (χ2n) is 6.45. The molecule has 3 heterocycles. The molecule has 2 saturated heterocycles. The van der Waals surface area contributed by atoms with E-state index in [1.807, 2.05) is 63.2 Å². The molecule has 128 valence electrons. The highest BCUT2D eigenvalue weighted by atomic mass is 16.2. The standard InChI is InChI=1S/C19H20N4O2/c24-18(15-6-2-1-3-7-15)21-10-11-23-17(13-21)14-22(19(23)25)12-16-8-4-5-9-20-16/h1-9,17H,10-14H2/t17-/m1/s1. The van der Waals surface area contributed by atoms with Gasteiger partial charge in [-0.05, 0) is 24.3 Å². The van der Waals surface area contributed by atoms with Gasteiger partial charge in [0.05, 0.1) is 18.3 Å². The molecule has 0 saturated carbocycles. The minimum absolute atomic E-state index is 0.0378. The van der Waals surface area contributed by atoms with Crippen molar-refractivity contribution in [3.8, 4) is 0 Å². The van der Waals surface area contributed by atoms with Crippen LogP contribution in [-0.4, -0.2) is 63.8 Å². The average Bonchev–Trinajstić information content (AvgIpc) is 2.97.